The summed E-state index contributed by atoms with van der Waals surface area (Å²) >= 11 is 0. The molecule has 0 aromatic heterocycles. The molecule has 0 spiro atoms. The Hall–Kier alpha value is -2.39. The molecule has 0 fully saturated rings. The van der Waals surface area contributed by atoms with E-state index in [9.17, 15) is 9.59 Å². The number of nitrogens with zero attached hydrogens (tertiary/aromatic N) is 1. The van der Waals surface area contributed by atoms with E-state index in [0.717, 1.165) is 0 Å². The number of carboxylic acid groups (broad SMARTS) is 1. The Kier molecular flexibility index (Phi) is 6.20. The summed E-state index contributed by atoms with van der Waals surface area (Å²) in [6, 6.07) is 7.06. The van der Waals surface area contributed by atoms with E-state index in [1.807, 2.05) is 6.07 Å². The minimum Gasteiger partial charge on any atom is -0.480 e. The number of hydrogen-bond donors (Lipinski definition) is 2. The average molecular weight is 276 g/mol. The average Bonchev–Trinajstić information content (AvgIpc) is 2.46. The molecule has 0 aliphatic heterocycles. The molecule has 106 valence electrons. The number of hydrogen-bond acceptors (Lipinski definition) is 4. The number of carbonyl (C=O) groups excluding carboxylic acids is 1. The van der Waals surface area contributed by atoms with Crippen molar-refractivity contribution in [2.45, 2.75) is 18.9 Å². The van der Waals surface area contributed by atoms with Gasteiger partial charge in [-0.05, 0) is 31.0 Å². The molecule has 1 rings (SSSR count). The number of carbonyl (C=O) groups is 2. The highest BCUT2D eigenvalue weighted by Gasteiger charge is 2.20. The molecule has 0 saturated carbocycles. The number of nitriles is 1. The Labute approximate surface area is 117 Å². The van der Waals surface area contributed by atoms with Crippen LogP contribution < -0.4 is 5.32 Å². The zero-order valence-corrected chi connectivity index (χ0v) is 11.1. The number of benzene rings is 1. The predicted octanol–water partition coefficient (Wildman–Crippen LogP) is 1.17. The Bertz CT molecular complexity index is 522. The Morgan fingerprint density at radius 2 is 2.25 bits per heavy atom. The van der Waals surface area contributed by atoms with Gasteiger partial charge in [-0.25, -0.2) is 4.79 Å². The Morgan fingerprint density at radius 3 is 2.85 bits per heavy atom. The molecule has 1 aromatic rings. The minimum atomic E-state index is -1.09. The van der Waals surface area contributed by atoms with Crippen molar-refractivity contribution >= 4 is 11.9 Å². The van der Waals surface area contributed by atoms with Gasteiger partial charge in [0.1, 0.15) is 6.04 Å². The first-order valence-electron chi connectivity index (χ1n) is 6.11. The Balaban J connectivity index is 2.70. The lowest BCUT2D eigenvalue weighted by Gasteiger charge is -2.14. The number of amides is 1. The molecule has 0 bridgehead atoms. The number of methoxy groups -OCH3 is 1. The minimum absolute atomic E-state index is 0.266. The SMILES string of the molecule is COCCCC(NC(=O)c1cccc(C#N)c1)C(=O)O. The third-order valence-corrected chi connectivity index (χ3v) is 2.70. The number of nitrogens with one attached hydrogen (secondary N) is 1. The van der Waals surface area contributed by atoms with Gasteiger partial charge in [-0.3, -0.25) is 4.79 Å². The van der Waals surface area contributed by atoms with Gasteiger partial charge in [0.25, 0.3) is 5.91 Å². The molecule has 6 heteroatoms. The zero-order chi connectivity index (χ0) is 15.0. The van der Waals surface area contributed by atoms with Gasteiger partial charge in [0.05, 0.1) is 11.6 Å². The summed E-state index contributed by atoms with van der Waals surface area (Å²) in [6.07, 6.45) is 0.818. The highest BCUT2D eigenvalue weighted by molar-refractivity contribution is 5.96. The van der Waals surface area contributed by atoms with E-state index in [4.69, 9.17) is 15.1 Å². The second kappa shape index (κ2) is 7.92. The second-order valence-corrected chi connectivity index (χ2v) is 4.19. The van der Waals surface area contributed by atoms with Crippen LogP contribution >= 0.6 is 0 Å². The van der Waals surface area contributed by atoms with Crippen LogP contribution in [-0.4, -0.2) is 36.7 Å². The number of carboxylic acids is 1. The van der Waals surface area contributed by atoms with Crippen LogP contribution in [0.4, 0.5) is 0 Å². The molecular weight excluding hydrogens is 260 g/mol. The summed E-state index contributed by atoms with van der Waals surface area (Å²) in [7, 11) is 1.53. The maximum Gasteiger partial charge on any atom is 0.326 e. The normalized spacial score (nSPS) is 11.4. The Morgan fingerprint density at radius 1 is 1.50 bits per heavy atom. The smallest absolute Gasteiger partial charge is 0.326 e. The highest BCUT2D eigenvalue weighted by Crippen LogP contribution is 2.06. The number of rotatable bonds is 7. The van der Waals surface area contributed by atoms with Crippen molar-refractivity contribution in [2.24, 2.45) is 0 Å². The van der Waals surface area contributed by atoms with Crippen LogP contribution in [0.5, 0.6) is 0 Å². The standard InChI is InChI=1S/C14H16N2O4/c1-20-7-3-6-12(14(18)19)16-13(17)11-5-2-4-10(8-11)9-15/h2,4-5,8,12H,3,6-7H2,1H3,(H,16,17)(H,18,19). The van der Waals surface area contributed by atoms with Gasteiger partial charge in [0, 0.05) is 19.3 Å². The first-order valence-corrected chi connectivity index (χ1v) is 6.11. The van der Waals surface area contributed by atoms with E-state index in [1.54, 1.807) is 12.1 Å². The van der Waals surface area contributed by atoms with Crippen molar-refractivity contribution < 1.29 is 19.4 Å². The van der Waals surface area contributed by atoms with E-state index in [1.165, 1.54) is 19.2 Å². The molecule has 0 aliphatic carbocycles. The number of ether oxygens (including phenoxy) is 1. The highest BCUT2D eigenvalue weighted by atomic mass is 16.5. The van der Waals surface area contributed by atoms with Crippen molar-refractivity contribution in [3.8, 4) is 6.07 Å². The molecule has 0 saturated heterocycles. The van der Waals surface area contributed by atoms with Gasteiger partial charge in [-0.2, -0.15) is 5.26 Å². The van der Waals surface area contributed by atoms with Crippen LogP contribution in [0, 0.1) is 11.3 Å². The van der Waals surface area contributed by atoms with E-state index in [2.05, 4.69) is 5.32 Å². The lowest BCUT2D eigenvalue weighted by molar-refractivity contribution is -0.139. The quantitative estimate of drug-likeness (QED) is 0.728. The maximum atomic E-state index is 11.9. The largest absolute Gasteiger partial charge is 0.480 e. The fraction of sp³-hybridized carbons (Fsp3) is 0.357. The molecule has 1 unspecified atom stereocenters. The molecular formula is C14H16N2O4. The summed E-state index contributed by atoms with van der Waals surface area (Å²) < 4.78 is 4.85. The molecule has 0 heterocycles. The van der Waals surface area contributed by atoms with Gasteiger partial charge in [0.2, 0.25) is 0 Å². The number of aliphatic carboxylic acids is 1. The van der Waals surface area contributed by atoms with Crippen molar-refractivity contribution in [2.75, 3.05) is 13.7 Å². The monoisotopic (exact) mass is 276 g/mol. The first kappa shape index (κ1) is 15.7. The van der Waals surface area contributed by atoms with Crippen LogP contribution in [0.3, 0.4) is 0 Å². The fourth-order valence-corrected chi connectivity index (χ4v) is 1.66. The lowest BCUT2D eigenvalue weighted by atomic mass is 10.1. The van der Waals surface area contributed by atoms with Crippen molar-refractivity contribution in [1.29, 1.82) is 5.26 Å². The van der Waals surface area contributed by atoms with Gasteiger partial charge >= 0.3 is 5.97 Å². The van der Waals surface area contributed by atoms with E-state index in [0.29, 0.717) is 18.6 Å². The molecule has 1 aromatic carbocycles. The first-order chi connectivity index (χ1) is 9.58. The van der Waals surface area contributed by atoms with E-state index < -0.39 is 17.9 Å². The van der Waals surface area contributed by atoms with E-state index >= 15 is 0 Å². The molecule has 1 atom stereocenters. The summed E-state index contributed by atoms with van der Waals surface area (Å²) in [5.41, 5.74) is 0.617. The van der Waals surface area contributed by atoms with E-state index in [-0.39, 0.29) is 12.0 Å². The molecule has 1 amide bonds. The van der Waals surface area contributed by atoms with Crippen molar-refractivity contribution in [3.05, 3.63) is 35.4 Å². The van der Waals surface area contributed by atoms with Gasteiger partial charge in [0.15, 0.2) is 0 Å². The van der Waals surface area contributed by atoms with Crippen LogP contribution in [0.1, 0.15) is 28.8 Å². The predicted molar refractivity (Wildman–Crippen MR) is 71.2 cm³/mol. The van der Waals surface area contributed by atoms with Crippen LogP contribution in [0.25, 0.3) is 0 Å². The molecule has 20 heavy (non-hydrogen) atoms. The third-order valence-electron chi connectivity index (χ3n) is 2.70. The van der Waals surface area contributed by atoms with Crippen LogP contribution in [0.15, 0.2) is 24.3 Å². The topological polar surface area (TPSA) is 99.4 Å². The van der Waals surface area contributed by atoms with Crippen LogP contribution in [0.2, 0.25) is 0 Å². The fourth-order valence-electron chi connectivity index (χ4n) is 1.66. The van der Waals surface area contributed by atoms with Gasteiger partial charge < -0.3 is 15.2 Å². The second-order valence-electron chi connectivity index (χ2n) is 4.19. The van der Waals surface area contributed by atoms with Gasteiger partial charge in [-0.15, -0.1) is 0 Å². The molecule has 0 radical (unpaired) electrons. The summed E-state index contributed by atoms with van der Waals surface area (Å²) in [5, 5.41) is 20.3. The molecule has 0 aliphatic rings. The summed E-state index contributed by atoms with van der Waals surface area (Å²) in [5.74, 6) is -1.60. The zero-order valence-electron chi connectivity index (χ0n) is 11.1. The van der Waals surface area contributed by atoms with Gasteiger partial charge in [-0.1, -0.05) is 6.07 Å². The summed E-state index contributed by atoms with van der Waals surface area (Å²) in [4.78, 5) is 23.0. The maximum absolute atomic E-state index is 11.9. The molecule has 6 nitrogen and oxygen atoms in total. The van der Waals surface area contributed by atoms with Crippen LogP contribution in [-0.2, 0) is 9.53 Å². The summed E-state index contributed by atoms with van der Waals surface area (Å²) in [6.45, 7) is 0.434. The van der Waals surface area contributed by atoms with Crippen molar-refractivity contribution in [3.63, 3.8) is 0 Å². The third kappa shape index (κ3) is 4.71. The molecule has 2 N–H and O–H groups in total. The lowest BCUT2D eigenvalue weighted by Crippen LogP contribution is -2.40. The van der Waals surface area contributed by atoms with Crippen molar-refractivity contribution in [1.82, 2.24) is 5.32 Å².